The fourth-order valence-electron chi connectivity index (χ4n) is 4.89. The second kappa shape index (κ2) is 13.9. The number of halogens is 2. The van der Waals surface area contributed by atoms with E-state index >= 15 is 0 Å². The van der Waals surface area contributed by atoms with Gasteiger partial charge in [-0.05, 0) is 33.1 Å². The summed E-state index contributed by atoms with van der Waals surface area (Å²) in [7, 11) is 1.55. The monoisotopic (exact) mass is 628 g/mol. The molecule has 3 N–H and O–H groups in total. The molecule has 2 aliphatic heterocycles. The summed E-state index contributed by atoms with van der Waals surface area (Å²) >= 11 is 13.4. The number of hydrogen-bond donors (Lipinski definition) is 3. The highest BCUT2D eigenvalue weighted by Gasteiger charge is 2.35. The number of aromatic amines is 1. The first-order valence-electron chi connectivity index (χ1n) is 13.5. The van der Waals surface area contributed by atoms with E-state index in [1.165, 1.54) is 0 Å². The van der Waals surface area contributed by atoms with Crippen LogP contribution in [0.15, 0.2) is 0 Å². The third kappa shape index (κ3) is 7.14. The van der Waals surface area contributed by atoms with Gasteiger partial charge < -0.3 is 34.9 Å². The third-order valence-electron chi connectivity index (χ3n) is 7.08. The first kappa shape index (κ1) is 31.1. The van der Waals surface area contributed by atoms with Gasteiger partial charge in [0.1, 0.15) is 10.6 Å². The fourth-order valence-corrected chi connectivity index (χ4v) is 6.30. The minimum Gasteiger partial charge on any atom is -0.462 e. The largest absolute Gasteiger partial charge is 0.462 e. The average molecular weight is 630 g/mol. The molecule has 4 heterocycles. The molecule has 0 aliphatic carbocycles. The number of likely N-dealkylation sites (tertiary alicyclic amines) is 1. The average Bonchev–Trinajstić information content (AvgIpc) is 3.65. The summed E-state index contributed by atoms with van der Waals surface area (Å²) in [5, 5.41) is 6.72. The number of amides is 3. The molecule has 0 saturated carbocycles. The van der Waals surface area contributed by atoms with Crippen LogP contribution in [0.5, 0.6) is 0 Å². The molecule has 3 amide bonds. The summed E-state index contributed by atoms with van der Waals surface area (Å²) in [5.74, 6) is -1.36. The maximum absolute atomic E-state index is 13.0. The van der Waals surface area contributed by atoms with Gasteiger partial charge in [0.05, 0.1) is 28.8 Å². The van der Waals surface area contributed by atoms with E-state index in [2.05, 4.69) is 20.6 Å². The smallest absolute Gasteiger partial charge is 0.350 e. The number of hydrogen-bond acceptors (Lipinski definition) is 9. The van der Waals surface area contributed by atoms with Gasteiger partial charge in [0, 0.05) is 51.9 Å². The van der Waals surface area contributed by atoms with Crippen molar-refractivity contribution < 1.29 is 28.7 Å². The van der Waals surface area contributed by atoms with Gasteiger partial charge in [-0.2, -0.15) is 0 Å². The number of carbonyl (C=O) groups excluding carboxylic acids is 4. The minimum absolute atomic E-state index is 0.00118. The lowest BCUT2D eigenvalue weighted by molar-refractivity contribution is -0.127. The summed E-state index contributed by atoms with van der Waals surface area (Å²) in [6.07, 6.45) is 2.13. The normalized spacial score (nSPS) is 19.0. The highest BCUT2D eigenvalue weighted by Crippen LogP contribution is 2.31. The summed E-state index contributed by atoms with van der Waals surface area (Å²) in [6, 6.07) is -0.322. The molecular weight excluding hydrogens is 595 g/mol. The SMILES string of the molecule is CCOC(=O)c1sc(N2CC[C@@H](NC(=O)c3[nH]c(C)c(Cl)c3Cl)[C@@H](OC)C2)nc1C(=O)NCCCN1CCCC1=O. The number of aryl methyl sites for hydroxylation is 1. The molecule has 2 atom stereocenters. The molecule has 2 aromatic heterocycles. The number of piperidine rings is 1. The zero-order valence-corrected chi connectivity index (χ0v) is 25.5. The minimum atomic E-state index is -0.619. The zero-order valence-electron chi connectivity index (χ0n) is 23.2. The predicted octanol–water partition coefficient (Wildman–Crippen LogP) is 3.03. The Hall–Kier alpha value is -2.87. The Kier molecular flexibility index (Phi) is 10.5. The number of carbonyl (C=O) groups is 4. The van der Waals surface area contributed by atoms with Crippen molar-refractivity contribution in [2.24, 2.45) is 0 Å². The Labute approximate surface area is 252 Å². The molecule has 224 valence electrons. The molecule has 0 spiro atoms. The molecule has 15 heteroatoms. The topological polar surface area (TPSA) is 146 Å². The van der Waals surface area contributed by atoms with E-state index < -0.39 is 23.9 Å². The van der Waals surface area contributed by atoms with Gasteiger partial charge in [-0.3, -0.25) is 14.4 Å². The van der Waals surface area contributed by atoms with Crippen molar-refractivity contribution in [3.05, 3.63) is 32.0 Å². The molecule has 0 bridgehead atoms. The van der Waals surface area contributed by atoms with Crippen molar-refractivity contribution in [3.63, 3.8) is 0 Å². The van der Waals surface area contributed by atoms with Crippen LogP contribution in [0.2, 0.25) is 10.0 Å². The Morgan fingerprint density at radius 1 is 1.20 bits per heavy atom. The fraction of sp³-hybridized carbons (Fsp3) is 0.577. The predicted molar refractivity (Wildman–Crippen MR) is 155 cm³/mol. The lowest BCUT2D eigenvalue weighted by Crippen LogP contribution is -2.55. The second-order valence-electron chi connectivity index (χ2n) is 9.83. The summed E-state index contributed by atoms with van der Waals surface area (Å²) in [5.41, 5.74) is 0.787. The van der Waals surface area contributed by atoms with Gasteiger partial charge in [0.15, 0.2) is 10.8 Å². The van der Waals surface area contributed by atoms with Crippen molar-refractivity contribution in [1.82, 2.24) is 25.5 Å². The van der Waals surface area contributed by atoms with Crippen LogP contribution in [0, 0.1) is 6.92 Å². The van der Waals surface area contributed by atoms with Gasteiger partial charge in [-0.15, -0.1) is 0 Å². The van der Waals surface area contributed by atoms with Crippen LogP contribution in [0.3, 0.4) is 0 Å². The number of thiazole rings is 1. The van der Waals surface area contributed by atoms with E-state index in [0.717, 1.165) is 24.3 Å². The van der Waals surface area contributed by atoms with Gasteiger partial charge in [-0.25, -0.2) is 9.78 Å². The van der Waals surface area contributed by atoms with E-state index in [1.807, 2.05) is 4.90 Å². The van der Waals surface area contributed by atoms with E-state index in [0.29, 0.717) is 61.3 Å². The van der Waals surface area contributed by atoms with Crippen molar-refractivity contribution >= 4 is 63.4 Å². The summed E-state index contributed by atoms with van der Waals surface area (Å²) < 4.78 is 10.9. The van der Waals surface area contributed by atoms with Gasteiger partial charge >= 0.3 is 5.97 Å². The highest BCUT2D eigenvalue weighted by molar-refractivity contribution is 7.17. The third-order valence-corrected chi connectivity index (χ3v) is 9.13. The Balaban J connectivity index is 1.41. The van der Waals surface area contributed by atoms with Crippen LogP contribution < -0.4 is 15.5 Å². The van der Waals surface area contributed by atoms with Crippen molar-refractivity contribution in [3.8, 4) is 0 Å². The van der Waals surface area contributed by atoms with E-state index in [1.54, 1.807) is 25.9 Å². The number of H-pyrrole nitrogens is 1. The lowest BCUT2D eigenvalue weighted by atomic mass is 10.0. The standard InChI is InChI=1S/C26H34Cl2N6O6S/c1-4-40-25(38)22-21(23(36)29-9-6-11-33-10-5-7-17(33)35)32-26(41-22)34-12-8-15(16(13-34)39-3)31-24(37)20-19(28)18(27)14(2)30-20/h15-16,30H,4-13H2,1-3H3,(H,29,36)(H,31,37)/t15-,16+/m1/s1. The van der Waals surface area contributed by atoms with E-state index in [9.17, 15) is 19.2 Å². The van der Waals surface area contributed by atoms with Crippen LogP contribution in [-0.4, -0.2) is 97.1 Å². The molecule has 12 nitrogen and oxygen atoms in total. The second-order valence-corrected chi connectivity index (χ2v) is 11.6. The molecule has 2 saturated heterocycles. The molecule has 2 aromatic rings. The number of rotatable bonds is 11. The van der Waals surface area contributed by atoms with E-state index in [4.69, 9.17) is 32.7 Å². The first-order valence-corrected chi connectivity index (χ1v) is 15.1. The first-order chi connectivity index (χ1) is 19.6. The number of nitrogens with one attached hydrogen (secondary N) is 3. The number of anilines is 1. The number of ether oxygens (including phenoxy) is 2. The van der Waals surface area contributed by atoms with Crippen LogP contribution in [-0.2, 0) is 14.3 Å². The van der Waals surface area contributed by atoms with Crippen molar-refractivity contribution in [2.75, 3.05) is 51.3 Å². The number of aromatic nitrogens is 2. The van der Waals surface area contributed by atoms with Gasteiger partial charge in [0.2, 0.25) is 5.91 Å². The highest BCUT2D eigenvalue weighted by atomic mass is 35.5. The molecule has 0 aromatic carbocycles. The molecule has 4 rings (SSSR count). The van der Waals surface area contributed by atoms with Crippen LogP contribution >= 0.6 is 34.5 Å². The van der Waals surface area contributed by atoms with Crippen LogP contribution in [0.1, 0.15) is 68.9 Å². The molecule has 41 heavy (non-hydrogen) atoms. The Morgan fingerprint density at radius 2 is 1.98 bits per heavy atom. The quantitative estimate of drug-likeness (QED) is 0.254. The lowest BCUT2D eigenvalue weighted by Gasteiger charge is -2.37. The Bertz CT molecular complexity index is 1300. The van der Waals surface area contributed by atoms with Gasteiger partial charge in [-0.1, -0.05) is 34.5 Å². The number of nitrogens with zero attached hydrogens (tertiary/aromatic N) is 3. The molecule has 0 radical (unpaired) electrons. The molecular formula is C26H34Cl2N6O6S. The summed E-state index contributed by atoms with van der Waals surface area (Å²) in [4.78, 5) is 61.7. The number of esters is 1. The maximum Gasteiger partial charge on any atom is 0.350 e. The molecule has 2 fully saturated rings. The molecule has 2 aliphatic rings. The van der Waals surface area contributed by atoms with E-state index in [-0.39, 0.29) is 39.8 Å². The Morgan fingerprint density at radius 3 is 2.61 bits per heavy atom. The van der Waals surface area contributed by atoms with Gasteiger partial charge in [0.25, 0.3) is 11.8 Å². The molecule has 0 unspecified atom stereocenters. The van der Waals surface area contributed by atoms with Crippen LogP contribution in [0.4, 0.5) is 5.13 Å². The zero-order chi connectivity index (χ0) is 29.7. The van der Waals surface area contributed by atoms with Crippen molar-refractivity contribution in [2.45, 2.75) is 51.7 Å². The maximum atomic E-state index is 13.0. The number of methoxy groups -OCH3 is 1. The van der Waals surface area contributed by atoms with Crippen LogP contribution in [0.25, 0.3) is 0 Å². The summed E-state index contributed by atoms with van der Waals surface area (Å²) in [6.45, 7) is 6.07. The van der Waals surface area contributed by atoms with Crippen molar-refractivity contribution in [1.29, 1.82) is 0 Å².